The van der Waals surface area contributed by atoms with Crippen LogP contribution in [0.3, 0.4) is 0 Å². The average Bonchev–Trinajstić information content (AvgIpc) is 2.04. The van der Waals surface area contributed by atoms with Gasteiger partial charge >= 0.3 is 0 Å². The van der Waals surface area contributed by atoms with Crippen molar-refractivity contribution in [2.45, 2.75) is 39.5 Å². The molecule has 2 nitrogen and oxygen atoms in total. The van der Waals surface area contributed by atoms with Crippen LogP contribution < -0.4 is 0 Å². The molecule has 0 spiro atoms. The molecule has 0 aliphatic heterocycles. The zero-order valence-electron chi connectivity index (χ0n) is 9.46. The standard InChI is InChI=1S/C12H18.2H2O/c1-9(2)11-6-5-7-12(8-11)10(3)4;;/h5-10H,1-4H3;2*1H2. The largest absolute Gasteiger partial charge is 0.412 e. The second kappa shape index (κ2) is 6.57. The van der Waals surface area contributed by atoms with Crippen LogP contribution in [0.25, 0.3) is 0 Å². The van der Waals surface area contributed by atoms with E-state index in [1.54, 1.807) is 0 Å². The third-order valence-electron chi connectivity index (χ3n) is 2.24. The van der Waals surface area contributed by atoms with Gasteiger partial charge in [-0.2, -0.15) is 0 Å². The molecule has 82 valence electrons. The molecule has 14 heavy (non-hydrogen) atoms. The summed E-state index contributed by atoms with van der Waals surface area (Å²) in [5.41, 5.74) is 2.89. The van der Waals surface area contributed by atoms with Gasteiger partial charge in [-0.25, -0.2) is 0 Å². The Morgan fingerprint density at radius 1 is 0.786 bits per heavy atom. The maximum atomic E-state index is 2.31. The van der Waals surface area contributed by atoms with Crippen LogP contribution in [0.4, 0.5) is 0 Å². The van der Waals surface area contributed by atoms with E-state index in [0.29, 0.717) is 11.8 Å². The van der Waals surface area contributed by atoms with Gasteiger partial charge < -0.3 is 11.0 Å². The fourth-order valence-electron chi connectivity index (χ4n) is 1.28. The molecule has 0 bridgehead atoms. The van der Waals surface area contributed by atoms with E-state index in [0.717, 1.165) is 0 Å². The Labute approximate surface area is 86.6 Å². The molecule has 0 aromatic heterocycles. The van der Waals surface area contributed by atoms with Gasteiger partial charge in [0.15, 0.2) is 0 Å². The summed E-state index contributed by atoms with van der Waals surface area (Å²) in [6, 6.07) is 8.88. The van der Waals surface area contributed by atoms with Gasteiger partial charge in [0.1, 0.15) is 0 Å². The minimum atomic E-state index is 0. The Hall–Kier alpha value is -0.860. The highest BCUT2D eigenvalue weighted by Crippen LogP contribution is 2.20. The van der Waals surface area contributed by atoms with Crippen LogP contribution in [-0.2, 0) is 0 Å². The van der Waals surface area contributed by atoms with E-state index >= 15 is 0 Å². The number of hydrogen-bond acceptors (Lipinski definition) is 0. The van der Waals surface area contributed by atoms with Gasteiger partial charge in [-0.05, 0) is 23.0 Å². The molecule has 0 saturated carbocycles. The fraction of sp³-hybridized carbons (Fsp3) is 0.500. The van der Waals surface area contributed by atoms with Gasteiger partial charge in [-0.3, -0.25) is 0 Å². The lowest BCUT2D eigenvalue weighted by molar-refractivity contribution is 0.823. The first-order valence-corrected chi connectivity index (χ1v) is 4.71. The van der Waals surface area contributed by atoms with Gasteiger partial charge in [0.2, 0.25) is 0 Å². The van der Waals surface area contributed by atoms with Crippen molar-refractivity contribution in [2.75, 3.05) is 0 Å². The van der Waals surface area contributed by atoms with Crippen molar-refractivity contribution in [1.29, 1.82) is 0 Å². The fourth-order valence-corrected chi connectivity index (χ4v) is 1.28. The molecule has 1 rings (SSSR count). The summed E-state index contributed by atoms with van der Waals surface area (Å²) in [6.07, 6.45) is 0. The lowest BCUT2D eigenvalue weighted by Gasteiger charge is -2.09. The van der Waals surface area contributed by atoms with E-state index in [9.17, 15) is 0 Å². The molecule has 0 fully saturated rings. The third kappa shape index (κ3) is 3.90. The normalized spacial score (nSPS) is 9.57. The van der Waals surface area contributed by atoms with E-state index in [4.69, 9.17) is 0 Å². The van der Waals surface area contributed by atoms with Crippen molar-refractivity contribution in [2.24, 2.45) is 0 Å². The molecule has 0 aliphatic carbocycles. The van der Waals surface area contributed by atoms with Crippen LogP contribution in [0, 0.1) is 0 Å². The predicted octanol–water partition coefficient (Wildman–Crippen LogP) is 2.28. The minimum Gasteiger partial charge on any atom is -0.412 e. The number of benzene rings is 1. The van der Waals surface area contributed by atoms with Crippen molar-refractivity contribution < 1.29 is 11.0 Å². The molecule has 0 saturated heterocycles. The second-order valence-electron chi connectivity index (χ2n) is 3.98. The van der Waals surface area contributed by atoms with Crippen LogP contribution in [0.2, 0.25) is 0 Å². The van der Waals surface area contributed by atoms with Crippen molar-refractivity contribution in [1.82, 2.24) is 0 Å². The Morgan fingerprint density at radius 3 is 1.43 bits per heavy atom. The molecule has 1 aromatic rings. The lowest BCUT2D eigenvalue weighted by atomic mass is 9.96. The molecule has 0 unspecified atom stereocenters. The highest BCUT2D eigenvalue weighted by molar-refractivity contribution is 5.27. The van der Waals surface area contributed by atoms with Crippen molar-refractivity contribution in [3.63, 3.8) is 0 Å². The van der Waals surface area contributed by atoms with Gasteiger partial charge in [0.25, 0.3) is 0 Å². The zero-order chi connectivity index (χ0) is 9.14. The predicted molar refractivity (Wildman–Crippen MR) is 61.8 cm³/mol. The van der Waals surface area contributed by atoms with Crippen LogP contribution in [0.1, 0.15) is 50.7 Å². The van der Waals surface area contributed by atoms with Crippen molar-refractivity contribution in [3.8, 4) is 0 Å². The topological polar surface area (TPSA) is 63.0 Å². The molecule has 0 atom stereocenters. The molecule has 0 radical (unpaired) electrons. The molecule has 2 heteroatoms. The molecule has 1 aromatic carbocycles. The maximum Gasteiger partial charge on any atom is -0.0219 e. The summed E-state index contributed by atoms with van der Waals surface area (Å²) in [6.45, 7) is 8.94. The van der Waals surface area contributed by atoms with E-state index in [1.165, 1.54) is 11.1 Å². The summed E-state index contributed by atoms with van der Waals surface area (Å²) >= 11 is 0. The first kappa shape index (κ1) is 15.6. The van der Waals surface area contributed by atoms with Gasteiger partial charge in [0.05, 0.1) is 0 Å². The SMILES string of the molecule is CC(C)c1cccc(C(C)C)c1.O.O. The monoisotopic (exact) mass is 198 g/mol. The van der Waals surface area contributed by atoms with E-state index in [-0.39, 0.29) is 11.0 Å². The smallest absolute Gasteiger partial charge is 0.0219 e. The molecule has 0 aliphatic rings. The third-order valence-corrected chi connectivity index (χ3v) is 2.24. The molecular weight excluding hydrogens is 176 g/mol. The van der Waals surface area contributed by atoms with Crippen LogP contribution >= 0.6 is 0 Å². The van der Waals surface area contributed by atoms with Gasteiger partial charge in [-0.1, -0.05) is 52.0 Å². The maximum absolute atomic E-state index is 2.31. The Morgan fingerprint density at radius 2 is 1.14 bits per heavy atom. The summed E-state index contributed by atoms with van der Waals surface area (Å²) < 4.78 is 0. The summed E-state index contributed by atoms with van der Waals surface area (Å²) in [5, 5.41) is 0. The minimum absolute atomic E-state index is 0. The molecular formula is C12H22O2. The highest BCUT2D eigenvalue weighted by atomic mass is 16.0. The van der Waals surface area contributed by atoms with Crippen molar-refractivity contribution in [3.05, 3.63) is 35.4 Å². The van der Waals surface area contributed by atoms with Crippen molar-refractivity contribution >= 4 is 0 Å². The van der Waals surface area contributed by atoms with E-state index < -0.39 is 0 Å². The quantitative estimate of drug-likeness (QED) is 0.700. The summed E-state index contributed by atoms with van der Waals surface area (Å²) in [4.78, 5) is 0. The average molecular weight is 198 g/mol. The zero-order valence-corrected chi connectivity index (χ0v) is 9.46. The summed E-state index contributed by atoms with van der Waals surface area (Å²) in [5.74, 6) is 1.28. The molecule has 0 amide bonds. The van der Waals surface area contributed by atoms with E-state index in [1.807, 2.05) is 0 Å². The Bertz CT molecular complexity index is 231. The molecule has 0 heterocycles. The van der Waals surface area contributed by atoms with Gasteiger partial charge in [-0.15, -0.1) is 0 Å². The first-order chi connectivity index (χ1) is 5.61. The first-order valence-electron chi connectivity index (χ1n) is 4.71. The number of rotatable bonds is 2. The van der Waals surface area contributed by atoms with Crippen LogP contribution in [0.15, 0.2) is 24.3 Å². The summed E-state index contributed by atoms with van der Waals surface area (Å²) in [7, 11) is 0. The Kier molecular flexibility index (Phi) is 7.33. The van der Waals surface area contributed by atoms with Gasteiger partial charge in [0, 0.05) is 0 Å². The van der Waals surface area contributed by atoms with E-state index in [2.05, 4.69) is 52.0 Å². The second-order valence-corrected chi connectivity index (χ2v) is 3.98. The lowest BCUT2D eigenvalue weighted by Crippen LogP contribution is -1.91. The Balaban J connectivity index is 0. The number of hydrogen-bond donors (Lipinski definition) is 0. The van der Waals surface area contributed by atoms with Crippen LogP contribution in [-0.4, -0.2) is 11.0 Å². The highest BCUT2D eigenvalue weighted by Gasteiger charge is 2.02. The van der Waals surface area contributed by atoms with Crippen LogP contribution in [0.5, 0.6) is 0 Å². The molecule has 4 N–H and O–H groups in total.